The summed E-state index contributed by atoms with van der Waals surface area (Å²) in [5.74, 6) is -0.721. The van der Waals surface area contributed by atoms with Crippen molar-refractivity contribution in [1.29, 1.82) is 0 Å². The smallest absolute Gasteiger partial charge is 0.295 e. The third-order valence-corrected chi connectivity index (χ3v) is 3.62. The molecule has 0 fully saturated rings. The molecule has 0 aliphatic carbocycles. The van der Waals surface area contributed by atoms with Crippen molar-refractivity contribution in [3.05, 3.63) is 69.9 Å². The van der Waals surface area contributed by atoms with E-state index in [4.69, 9.17) is 0 Å². The monoisotopic (exact) mass is 284 g/mol. The van der Waals surface area contributed by atoms with E-state index in [1.54, 1.807) is 38.4 Å². The first-order valence-electron chi connectivity index (χ1n) is 6.45. The molecule has 5 heteroatoms. The summed E-state index contributed by atoms with van der Waals surface area (Å²) in [7, 11) is 3.33. The summed E-state index contributed by atoms with van der Waals surface area (Å²) in [5.41, 5.74) is 1.98. The van der Waals surface area contributed by atoms with Gasteiger partial charge in [-0.3, -0.25) is 13.9 Å². The van der Waals surface area contributed by atoms with Gasteiger partial charge in [-0.2, -0.15) is 0 Å². The van der Waals surface area contributed by atoms with Crippen LogP contribution in [0.2, 0.25) is 0 Å². The minimum Gasteiger partial charge on any atom is -0.295 e. The molecule has 0 spiro atoms. The Hall–Kier alpha value is -2.69. The predicted octanol–water partition coefficient (Wildman–Crippen LogP) is 2.25. The second-order valence-electron chi connectivity index (χ2n) is 4.94. The van der Waals surface area contributed by atoms with E-state index in [0.717, 1.165) is 5.52 Å². The van der Waals surface area contributed by atoms with Crippen molar-refractivity contribution in [1.82, 2.24) is 9.13 Å². The lowest BCUT2D eigenvalue weighted by Crippen LogP contribution is -2.19. The van der Waals surface area contributed by atoms with Crippen molar-refractivity contribution in [2.45, 2.75) is 0 Å². The summed E-state index contributed by atoms with van der Waals surface area (Å²) < 4.78 is 16.2. The molecule has 3 aromatic rings. The zero-order valence-electron chi connectivity index (χ0n) is 11.6. The molecule has 1 aromatic heterocycles. The molecule has 0 atom stereocenters. The number of imidazole rings is 1. The number of aromatic nitrogens is 2. The number of hydrogen-bond donors (Lipinski definition) is 0. The maximum atomic E-state index is 13.2. The van der Waals surface area contributed by atoms with Gasteiger partial charge in [0.1, 0.15) is 5.82 Å². The van der Waals surface area contributed by atoms with Crippen LogP contribution in [-0.2, 0) is 14.1 Å². The summed E-state index contributed by atoms with van der Waals surface area (Å²) in [6.07, 6.45) is 0. The van der Waals surface area contributed by atoms with Crippen molar-refractivity contribution in [3.8, 4) is 0 Å². The van der Waals surface area contributed by atoms with Crippen molar-refractivity contribution < 1.29 is 9.18 Å². The fraction of sp³-hybridized carbons (Fsp3) is 0.125. The molecule has 0 unspecified atom stereocenters. The Morgan fingerprint density at radius 3 is 2.33 bits per heavy atom. The van der Waals surface area contributed by atoms with Gasteiger partial charge in [-0.15, -0.1) is 0 Å². The van der Waals surface area contributed by atoms with Gasteiger partial charge in [0.15, 0.2) is 5.78 Å². The van der Waals surface area contributed by atoms with Gasteiger partial charge in [0, 0.05) is 25.2 Å². The van der Waals surface area contributed by atoms with Crippen molar-refractivity contribution in [2.75, 3.05) is 0 Å². The van der Waals surface area contributed by atoms with E-state index in [2.05, 4.69) is 0 Å². The predicted molar refractivity (Wildman–Crippen MR) is 78.0 cm³/mol. The molecule has 0 aliphatic rings. The van der Waals surface area contributed by atoms with E-state index in [9.17, 15) is 14.0 Å². The number of ketones is 1. The molecule has 0 saturated carbocycles. The third kappa shape index (κ3) is 2.07. The summed E-state index contributed by atoms with van der Waals surface area (Å²) in [6, 6.07) is 10.6. The van der Waals surface area contributed by atoms with Crippen LogP contribution in [-0.4, -0.2) is 14.9 Å². The minimum absolute atomic E-state index is 0.152. The van der Waals surface area contributed by atoms with Gasteiger partial charge in [0.05, 0.1) is 11.0 Å². The van der Waals surface area contributed by atoms with Crippen LogP contribution < -0.4 is 5.69 Å². The minimum atomic E-state index is -0.450. The van der Waals surface area contributed by atoms with E-state index < -0.39 is 5.82 Å². The first-order chi connectivity index (χ1) is 9.99. The van der Waals surface area contributed by atoms with E-state index in [0.29, 0.717) is 11.1 Å². The number of carbonyl (C=O) groups is 1. The molecular weight excluding hydrogens is 271 g/mol. The Balaban J connectivity index is 2.15. The standard InChI is InChI=1S/C16H13FN2O2/c1-18-13-7-6-11(9-14(13)19(2)16(18)21)15(20)10-4-3-5-12(17)8-10/h3-9H,1-2H3. The Labute approximate surface area is 120 Å². The number of benzene rings is 2. The van der Waals surface area contributed by atoms with E-state index in [1.165, 1.54) is 27.3 Å². The topological polar surface area (TPSA) is 44.0 Å². The summed E-state index contributed by atoms with van der Waals surface area (Å²) >= 11 is 0. The first kappa shape index (κ1) is 13.3. The van der Waals surface area contributed by atoms with Crippen LogP contribution in [0.5, 0.6) is 0 Å². The van der Waals surface area contributed by atoms with Crippen LogP contribution >= 0.6 is 0 Å². The maximum absolute atomic E-state index is 13.2. The number of halogens is 1. The Kier molecular flexibility index (Phi) is 2.97. The van der Waals surface area contributed by atoms with Gasteiger partial charge in [0.2, 0.25) is 0 Å². The maximum Gasteiger partial charge on any atom is 0.328 e. The molecule has 3 rings (SSSR count). The summed E-state index contributed by atoms with van der Waals surface area (Å²) in [6.45, 7) is 0. The Bertz CT molecular complexity index is 922. The molecule has 4 nitrogen and oxygen atoms in total. The molecule has 2 aromatic carbocycles. The molecule has 1 heterocycles. The fourth-order valence-electron chi connectivity index (χ4n) is 2.44. The van der Waals surface area contributed by atoms with Gasteiger partial charge in [-0.1, -0.05) is 12.1 Å². The zero-order valence-corrected chi connectivity index (χ0v) is 11.6. The van der Waals surface area contributed by atoms with Crippen LogP contribution in [0.4, 0.5) is 4.39 Å². The Morgan fingerprint density at radius 1 is 0.952 bits per heavy atom. The van der Waals surface area contributed by atoms with Crippen molar-refractivity contribution in [3.63, 3.8) is 0 Å². The average molecular weight is 284 g/mol. The molecule has 0 saturated heterocycles. The van der Waals surface area contributed by atoms with Crippen molar-refractivity contribution in [2.24, 2.45) is 14.1 Å². The van der Waals surface area contributed by atoms with E-state index >= 15 is 0 Å². The lowest BCUT2D eigenvalue weighted by atomic mass is 10.0. The van der Waals surface area contributed by atoms with Gasteiger partial charge < -0.3 is 0 Å². The molecule has 0 bridgehead atoms. The van der Waals surface area contributed by atoms with Crippen LogP contribution in [0.25, 0.3) is 11.0 Å². The normalized spacial score (nSPS) is 11.0. The fourth-order valence-corrected chi connectivity index (χ4v) is 2.44. The molecule has 0 N–H and O–H groups in total. The van der Waals surface area contributed by atoms with Gasteiger partial charge in [-0.25, -0.2) is 9.18 Å². The zero-order chi connectivity index (χ0) is 15.1. The van der Waals surface area contributed by atoms with Gasteiger partial charge >= 0.3 is 5.69 Å². The number of hydrogen-bond acceptors (Lipinski definition) is 2. The molecule has 0 aliphatic heterocycles. The lowest BCUT2D eigenvalue weighted by molar-refractivity contribution is 0.103. The van der Waals surface area contributed by atoms with Crippen LogP contribution in [0, 0.1) is 5.82 Å². The van der Waals surface area contributed by atoms with Crippen LogP contribution in [0.15, 0.2) is 47.3 Å². The largest absolute Gasteiger partial charge is 0.328 e. The van der Waals surface area contributed by atoms with Gasteiger partial charge in [-0.05, 0) is 30.3 Å². The van der Waals surface area contributed by atoms with Crippen molar-refractivity contribution >= 4 is 16.8 Å². The summed E-state index contributed by atoms with van der Waals surface area (Å²) in [4.78, 5) is 24.3. The average Bonchev–Trinajstić information content (AvgIpc) is 2.71. The number of aryl methyl sites for hydroxylation is 2. The molecule has 0 amide bonds. The second-order valence-corrected chi connectivity index (χ2v) is 4.94. The van der Waals surface area contributed by atoms with E-state index in [-0.39, 0.29) is 17.0 Å². The highest BCUT2D eigenvalue weighted by atomic mass is 19.1. The van der Waals surface area contributed by atoms with Crippen LogP contribution in [0.1, 0.15) is 15.9 Å². The Morgan fingerprint density at radius 2 is 1.62 bits per heavy atom. The quantitative estimate of drug-likeness (QED) is 0.677. The number of rotatable bonds is 2. The number of carbonyl (C=O) groups excluding carboxylic acids is 1. The number of nitrogens with zero attached hydrogens (tertiary/aromatic N) is 2. The highest BCUT2D eigenvalue weighted by Crippen LogP contribution is 2.17. The van der Waals surface area contributed by atoms with E-state index in [1.807, 2.05) is 0 Å². The molecule has 21 heavy (non-hydrogen) atoms. The third-order valence-electron chi connectivity index (χ3n) is 3.62. The molecular formula is C16H13FN2O2. The lowest BCUT2D eigenvalue weighted by Gasteiger charge is -2.03. The van der Waals surface area contributed by atoms with Crippen LogP contribution in [0.3, 0.4) is 0 Å². The second kappa shape index (κ2) is 4.70. The highest BCUT2D eigenvalue weighted by Gasteiger charge is 2.13. The molecule has 0 radical (unpaired) electrons. The summed E-state index contributed by atoms with van der Waals surface area (Å²) in [5, 5.41) is 0. The number of fused-ring (bicyclic) bond motifs is 1. The highest BCUT2D eigenvalue weighted by molar-refractivity contribution is 6.10. The molecule has 106 valence electrons. The first-order valence-corrected chi connectivity index (χ1v) is 6.45. The van der Waals surface area contributed by atoms with Gasteiger partial charge in [0.25, 0.3) is 0 Å². The SMILES string of the molecule is Cn1c(=O)n(C)c2cc(C(=O)c3cccc(F)c3)ccc21.